The van der Waals surface area contributed by atoms with Gasteiger partial charge in [0.25, 0.3) is 0 Å². The molecule has 0 radical (unpaired) electrons. The molecule has 0 amide bonds. The van der Waals surface area contributed by atoms with Gasteiger partial charge < -0.3 is 9.84 Å². The maximum atomic E-state index is 12.0. The van der Waals surface area contributed by atoms with E-state index in [0.717, 1.165) is 24.4 Å². The highest BCUT2D eigenvalue weighted by Crippen LogP contribution is 2.18. The summed E-state index contributed by atoms with van der Waals surface area (Å²) in [5, 5.41) is 10.1. The number of ether oxygens (including phenoxy) is 1. The Balaban J connectivity index is 2.05. The van der Waals surface area contributed by atoms with E-state index >= 15 is 0 Å². The highest BCUT2D eigenvalue weighted by atomic mass is 32.2. The van der Waals surface area contributed by atoms with E-state index in [-0.39, 0.29) is 17.4 Å². The SMILES string of the molecule is O=C(O)c1nscc1S(=O)(=O)NCC1CCCOC1. The zero-order valence-corrected chi connectivity index (χ0v) is 11.7. The first-order chi connectivity index (χ1) is 9.00. The first-order valence-corrected chi connectivity index (χ1v) is 8.08. The molecule has 1 aromatic rings. The average Bonchev–Trinajstić information content (AvgIpc) is 2.88. The Morgan fingerprint density at radius 1 is 1.63 bits per heavy atom. The van der Waals surface area contributed by atoms with Crippen molar-refractivity contribution in [2.75, 3.05) is 19.8 Å². The molecule has 1 saturated heterocycles. The van der Waals surface area contributed by atoms with E-state index in [1.54, 1.807) is 0 Å². The van der Waals surface area contributed by atoms with E-state index in [9.17, 15) is 13.2 Å². The van der Waals surface area contributed by atoms with Gasteiger partial charge in [-0.3, -0.25) is 0 Å². The second kappa shape index (κ2) is 5.95. The van der Waals surface area contributed by atoms with Gasteiger partial charge in [-0.1, -0.05) is 0 Å². The fourth-order valence-corrected chi connectivity index (χ4v) is 4.07. The smallest absolute Gasteiger partial charge is 0.357 e. The van der Waals surface area contributed by atoms with Crippen LogP contribution in [0.2, 0.25) is 0 Å². The fraction of sp³-hybridized carbons (Fsp3) is 0.600. The number of carboxylic acid groups (broad SMARTS) is 1. The number of nitrogens with one attached hydrogen (secondary N) is 1. The largest absolute Gasteiger partial charge is 0.476 e. The van der Waals surface area contributed by atoms with Crippen molar-refractivity contribution in [1.29, 1.82) is 0 Å². The van der Waals surface area contributed by atoms with Crippen molar-refractivity contribution in [2.24, 2.45) is 5.92 Å². The van der Waals surface area contributed by atoms with E-state index in [0.29, 0.717) is 13.2 Å². The molecule has 19 heavy (non-hydrogen) atoms. The predicted molar refractivity (Wildman–Crippen MR) is 67.8 cm³/mol. The van der Waals surface area contributed by atoms with Gasteiger partial charge >= 0.3 is 5.97 Å². The van der Waals surface area contributed by atoms with Crippen molar-refractivity contribution < 1.29 is 23.1 Å². The molecule has 0 aliphatic carbocycles. The molecule has 0 bridgehead atoms. The Morgan fingerprint density at radius 3 is 3.05 bits per heavy atom. The number of sulfonamides is 1. The summed E-state index contributed by atoms with van der Waals surface area (Å²) in [6.45, 7) is 1.48. The van der Waals surface area contributed by atoms with Crippen molar-refractivity contribution in [3.05, 3.63) is 11.1 Å². The van der Waals surface area contributed by atoms with Gasteiger partial charge in [0.2, 0.25) is 10.0 Å². The van der Waals surface area contributed by atoms with Gasteiger partial charge in [-0.05, 0) is 30.3 Å². The van der Waals surface area contributed by atoms with E-state index in [1.807, 2.05) is 0 Å². The lowest BCUT2D eigenvalue weighted by Gasteiger charge is -2.22. The summed E-state index contributed by atoms with van der Waals surface area (Å²) in [7, 11) is -3.83. The molecule has 0 saturated carbocycles. The molecule has 0 aromatic carbocycles. The number of nitrogens with zero attached hydrogens (tertiary/aromatic N) is 1. The van der Waals surface area contributed by atoms with Gasteiger partial charge in [0.05, 0.1) is 6.61 Å². The van der Waals surface area contributed by atoms with Gasteiger partial charge in [0.1, 0.15) is 4.90 Å². The lowest BCUT2D eigenvalue weighted by atomic mass is 10.0. The van der Waals surface area contributed by atoms with Crippen LogP contribution in [0.4, 0.5) is 0 Å². The average molecular weight is 306 g/mol. The summed E-state index contributed by atoms with van der Waals surface area (Å²) >= 11 is 0.808. The van der Waals surface area contributed by atoms with Crippen molar-refractivity contribution in [3.8, 4) is 0 Å². The second-order valence-corrected chi connectivity index (χ2v) is 6.63. The molecule has 2 heterocycles. The molecule has 0 spiro atoms. The molecule has 1 aliphatic rings. The Labute approximate surface area is 114 Å². The highest BCUT2D eigenvalue weighted by Gasteiger charge is 2.26. The molecule has 1 aromatic heterocycles. The molecular formula is C10H14N2O5S2. The number of hydrogen-bond acceptors (Lipinski definition) is 6. The van der Waals surface area contributed by atoms with Crippen LogP contribution >= 0.6 is 11.5 Å². The van der Waals surface area contributed by atoms with Gasteiger partial charge in [0, 0.05) is 18.5 Å². The zero-order chi connectivity index (χ0) is 13.9. The molecule has 1 aliphatic heterocycles. The Morgan fingerprint density at radius 2 is 2.42 bits per heavy atom. The zero-order valence-electron chi connectivity index (χ0n) is 10.0. The Kier molecular flexibility index (Phi) is 4.50. The van der Waals surface area contributed by atoms with Crippen LogP contribution in [0.1, 0.15) is 23.3 Å². The number of aromatic carboxylic acids is 1. The number of hydrogen-bond donors (Lipinski definition) is 2. The summed E-state index contributed by atoms with van der Waals surface area (Å²) in [6.07, 6.45) is 1.81. The Hall–Kier alpha value is -1.03. The summed E-state index contributed by atoms with van der Waals surface area (Å²) in [4.78, 5) is 10.6. The third-order valence-electron chi connectivity index (χ3n) is 2.85. The third kappa shape index (κ3) is 3.50. The molecule has 1 fully saturated rings. The Bertz CT molecular complexity index is 548. The fourth-order valence-electron chi connectivity index (χ4n) is 1.84. The van der Waals surface area contributed by atoms with Gasteiger partial charge in [0.15, 0.2) is 5.69 Å². The molecular weight excluding hydrogens is 292 g/mol. The normalized spacial score (nSPS) is 20.3. The van der Waals surface area contributed by atoms with Gasteiger partial charge in [-0.25, -0.2) is 17.9 Å². The van der Waals surface area contributed by atoms with Crippen LogP contribution in [-0.4, -0.2) is 43.6 Å². The first-order valence-electron chi connectivity index (χ1n) is 5.76. The summed E-state index contributed by atoms with van der Waals surface area (Å²) in [5.41, 5.74) is -0.433. The quantitative estimate of drug-likeness (QED) is 0.823. The molecule has 1 atom stereocenters. The maximum Gasteiger partial charge on any atom is 0.357 e. The summed E-state index contributed by atoms with van der Waals surface area (Å²) in [5.74, 6) is -1.22. The van der Waals surface area contributed by atoms with E-state index < -0.39 is 21.7 Å². The third-order valence-corrected chi connectivity index (χ3v) is 5.06. The van der Waals surface area contributed by atoms with Crippen LogP contribution in [-0.2, 0) is 14.8 Å². The van der Waals surface area contributed by atoms with Crippen molar-refractivity contribution in [1.82, 2.24) is 9.10 Å². The minimum Gasteiger partial charge on any atom is -0.476 e. The highest BCUT2D eigenvalue weighted by molar-refractivity contribution is 7.89. The monoisotopic (exact) mass is 306 g/mol. The van der Waals surface area contributed by atoms with Crippen LogP contribution in [0.15, 0.2) is 10.3 Å². The predicted octanol–water partition coefficient (Wildman–Crippen LogP) is 0.546. The van der Waals surface area contributed by atoms with Crippen molar-refractivity contribution in [3.63, 3.8) is 0 Å². The molecule has 106 valence electrons. The number of carbonyl (C=O) groups is 1. The van der Waals surface area contributed by atoms with Crippen LogP contribution in [0.5, 0.6) is 0 Å². The number of carboxylic acids is 1. The van der Waals surface area contributed by atoms with Crippen LogP contribution in [0, 0.1) is 5.92 Å². The molecule has 2 N–H and O–H groups in total. The lowest BCUT2D eigenvalue weighted by molar-refractivity contribution is 0.0567. The van der Waals surface area contributed by atoms with Crippen LogP contribution in [0.25, 0.3) is 0 Å². The number of rotatable bonds is 5. The molecule has 2 rings (SSSR count). The van der Waals surface area contributed by atoms with Crippen LogP contribution in [0.3, 0.4) is 0 Å². The van der Waals surface area contributed by atoms with Crippen LogP contribution < -0.4 is 4.72 Å². The maximum absolute atomic E-state index is 12.0. The van der Waals surface area contributed by atoms with E-state index in [1.165, 1.54) is 5.38 Å². The summed E-state index contributed by atoms with van der Waals surface area (Å²) < 4.78 is 35.3. The van der Waals surface area contributed by atoms with Crippen molar-refractivity contribution in [2.45, 2.75) is 17.7 Å². The molecule has 9 heteroatoms. The van der Waals surface area contributed by atoms with Gasteiger partial charge in [-0.2, -0.15) is 4.37 Å². The second-order valence-electron chi connectivity index (χ2n) is 4.27. The van der Waals surface area contributed by atoms with Crippen molar-refractivity contribution >= 4 is 27.5 Å². The number of aromatic nitrogens is 1. The minimum absolute atomic E-state index is 0.128. The first kappa shape index (κ1) is 14.4. The lowest BCUT2D eigenvalue weighted by Crippen LogP contribution is -2.33. The summed E-state index contributed by atoms with van der Waals surface area (Å²) in [6, 6.07) is 0. The van der Waals surface area contributed by atoms with E-state index in [4.69, 9.17) is 9.84 Å². The molecule has 7 nitrogen and oxygen atoms in total. The standard InChI is InChI=1S/C10H14N2O5S2/c13-10(14)9-8(6-18-12-9)19(15,16)11-4-7-2-1-3-17-5-7/h6-7,11H,1-5H2,(H,13,14). The minimum atomic E-state index is -3.83. The van der Waals surface area contributed by atoms with Gasteiger partial charge in [-0.15, -0.1) is 0 Å². The van der Waals surface area contributed by atoms with E-state index in [2.05, 4.69) is 9.10 Å². The molecule has 1 unspecified atom stereocenters. The topological polar surface area (TPSA) is 106 Å².